The van der Waals surface area contributed by atoms with Crippen molar-refractivity contribution in [3.05, 3.63) is 35.4 Å². The molecule has 1 saturated carbocycles. The van der Waals surface area contributed by atoms with Gasteiger partial charge in [-0.2, -0.15) is 0 Å². The van der Waals surface area contributed by atoms with E-state index < -0.39 is 0 Å². The van der Waals surface area contributed by atoms with Crippen molar-refractivity contribution in [1.82, 2.24) is 10.2 Å². The lowest BCUT2D eigenvalue weighted by Crippen LogP contribution is -2.45. The molecule has 0 unspecified atom stereocenters. The Labute approximate surface area is 126 Å². The molecule has 1 amide bonds. The molecule has 3 N–H and O–H groups in total. The number of likely N-dealkylation sites (tertiary alicyclic amines) is 1. The van der Waals surface area contributed by atoms with Gasteiger partial charge in [-0.25, -0.2) is 0 Å². The van der Waals surface area contributed by atoms with Crippen LogP contribution >= 0.6 is 0 Å². The number of nitrogens with one attached hydrogen (secondary N) is 1. The Bertz CT molecular complexity index is 473. The summed E-state index contributed by atoms with van der Waals surface area (Å²) in [6, 6.07) is 7.89. The van der Waals surface area contributed by atoms with E-state index in [4.69, 9.17) is 5.73 Å². The Morgan fingerprint density at radius 2 is 1.81 bits per heavy atom. The number of benzene rings is 1. The molecule has 2 fully saturated rings. The lowest BCUT2D eigenvalue weighted by atomic mass is 10.0. The van der Waals surface area contributed by atoms with Crippen LogP contribution in [0.4, 0.5) is 0 Å². The molecule has 2 aliphatic rings. The maximum absolute atomic E-state index is 12.2. The van der Waals surface area contributed by atoms with E-state index in [1.54, 1.807) is 0 Å². The number of amides is 1. The lowest BCUT2D eigenvalue weighted by molar-refractivity contribution is 0.0909. The maximum Gasteiger partial charge on any atom is 0.251 e. The van der Waals surface area contributed by atoms with E-state index in [2.05, 4.69) is 10.2 Å². The number of piperidine rings is 1. The minimum absolute atomic E-state index is 0.0409. The monoisotopic (exact) mass is 287 g/mol. The summed E-state index contributed by atoms with van der Waals surface area (Å²) >= 11 is 0. The topological polar surface area (TPSA) is 58.4 Å². The number of nitrogens with two attached hydrogens (primary N) is 1. The van der Waals surface area contributed by atoms with Crippen molar-refractivity contribution < 1.29 is 4.79 Å². The standard InChI is InChI=1S/C17H25N3O/c18-11-13-3-5-15(6-4-13)17(21)19-16-7-9-20(10-8-16)12-14-1-2-14/h3-6,14,16H,1-2,7-12,18H2,(H,19,21). The molecular formula is C17H25N3O. The largest absolute Gasteiger partial charge is 0.349 e. The van der Waals surface area contributed by atoms with Gasteiger partial charge in [0.25, 0.3) is 5.91 Å². The average Bonchev–Trinajstić information content (AvgIpc) is 3.33. The third-order valence-electron chi connectivity index (χ3n) is 4.59. The SMILES string of the molecule is NCc1ccc(C(=O)NC2CCN(CC3CC3)CC2)cc1. The number of carbonyl (C=O) groups is 1. The van der Waals surface area contributed by atoms with E-state index in [0.717, 1.165) is 43.0 Å². The first-order chi connectivity index (χ1) is 10.2. The zero-order valence-corrected chi connectivity index (χ0v) is 12.6. The Morgan fingerprint density at radius 1 is 1.14 bits per heavy atom. The van der Waals surface area contributed by atoms with Crippen molar-refractivity contribution in [1.29, 1.82) is 0 Å². The molecule has 0 spiro atoms. The van der Waals surface area contributed by atoms with Gasteiger partial charge in [0.05, 0.1) is 0 Å². The molecule has 1 aliphatic heterocycles. The van der Waals surface area contributed by atoms with Crippen LogP contribution in [0.5, 0.6) is 0 Å². The predicted octanol–water partition coefficient (Wildman–Crippen LogP) is 1.75. The summed E-state index contributed by atoms with van der Waals surface area (Å²) in [7, 11) is 0. The third kappa shape index (κ3) is 4.05. The van der Waals surface area contributed by atoms with Crippen LogP contribution in [0.2, 0.25) is 0 Å². The van der Waals surface area contributed by atoms with Crippen LogP contribution in [0.15, 0.2) is 24.3 Å². The van der Waals surface area contributed by atoms with Gasteiger partial charge in [0, 0.05) is 37.8 Å². The van der Waals surface area contributed by atoms with Crippen molar-refractivity contribution in [3.63, 3.8) is 0 Å². The maximum atomic E-state index is 12.2. The Balaban J connectivity index is 1.46. The second-order valence-corrected chi connectivity index (χ2v) is 6.39. The zero-order chi connectivity index (χ0) is 14.7. The zero-order valence-electron chi connectivity index (χ0n) is 12.6. The fraction of sp³-hybridized carbons (Fsp3) is 0.588. The summed E-state index contributed by atoms with van der Waals surface area (Å²) in [4.78, 5) is 14.8. The van der Waals surface area contributed by atoms with Gasteiger partial charge in [0.1, 0.15) is 0 Å². The molecule has 4 nitrogen and oxygen atoms in total. The van der Waals surface area contributed by atoms with E-state index in [-0.39, 0.29) is 5.91 Å². The highest BCUT2D eigenvalue weighted by atomic mass is 16.1. The molecule has 0 aromatic heterocycles. The molecule has 114 valence electrons. The summed E-state index contributed by atoms with van der Waals surface area (Å²) in [5, 5.41) is 3.17. The second-order valence-electron chi connectivity index (χ2n) is 6.39. The first-order valence-corrected chi connectivity index (χ1v) is 8.07. The van der Waals surface area contributed by atoms with Gasteiger partial charge in [-0.15, -0.1) is 0 Å². The van der Waals surface area contributed by atoms with E-state index in [0.29, 0.717) is 12.6 Å². The quantitative estimate of drug-likeness (QED) is 0.867. The number of rotatable bonds is 5. The summed E-state index contributed by atoms with van der Waals surface area (Å²) < 4.78 is 0. The Kier molecular flexibility index (Phi) is 4.56. The highest BCUT2D eigenvalue weighted by molar-refractivity contribution is 5.94. The van der Waals surface area contributed by atoms with Crippen LogP contribution in [0.1, 0.15) is 41.6 Å². The minimum Gasteiger partial charge on any atom is -0.349 e. The molecule has 1 aromatic rings. The molecule has 1 saturated heterocycles. The highest BCUT2D eigenvalue weighted by Gasteiger charge is 2.27. The lowest BCUT2D eigenvalue weighted by Gasteiger charge is -2.32. The van der Waals surface area contributed by atoms with E-state index in [9.17, 15) is 4.79 Å². The fourth-order valence-electron chi connectivity index (χ4n) is 2.99. The predicted molar refractivity (Wildman–Crippen MR) is 84.0 cm³/mol. The highest BCUT2D eigenvalue weighted by Crippen LogP contribution is 2.30. The first kappa shape index (κ1) is 14.5. The van der Waals surface area contributed by atoms with Crippen molar-refractivity contribution >= 4 is 5.91 Å². The smallest absolute Gasteiger partial charge is 0.251 e. The molecule has 0 bridgehead atoms. The normalized spacial score (nSPS) is 20.4. The summed E-state index contributed by atoms with van der Waals surface area (Å²) in [5.41, 5.74) is 7.36. The van der Waals surface area contributed by atoms with E-state index in [1.807, 2.05) is 24.3 Å². The molecule has 1 aliphatic carbocycles. The summed E-state index contributed by atoms with van der Waals surface area (Å²) in [6.45, 7) is 4.02. The third-order valence-corrected chi connectivity index (χ3v) is 4.59. The molecule has 0 radical (unpaired) electrons. The van der Waals surface area contributed by atoms with Crippen LogP contribution < -0.4 is 11.1 Å². The molecule has 3 rings (SSSR count). The van der Waals surface area contributed by atoms with Crippen molar-refractivity contribution in [2.75, 3.05) is 19.6 Å². The van der Waals surface area contributed by atoms with Gasteiger partial charge < -0.3 is 16.0 Å². The Morgan fingerprint density at radius 3 is 2.38 bits per heavy atom. The average molecular weight is 287 g/mol. The molecule has 1 aromatic carbocycles. The van der Waals surface area contributed by atoms with Crippen LogP contribution in [0.25, 0.3) is 0 Å². The van der Waals surface area contributed by atoms with Gasteiger partial charge >= 0.3 is 0 Å². The van der Waals surface area contributed by atoms with Crippen molar-refractivity contribution in [3.8, 4) is 0 Å². The molecule has 21 heavy (non-hydrogen) atoms. The number of nitrogens with zero attached hydrogens (tertiary/aromatic N) is 1. The van der Waals surface area contributed by atoms with Crippen LogP contribution in [0, 0.1) is 5.92 Å². The van der Waals surface area contributed by atoms with Crippen LogP contribution in [0.3, 0.4) is 0 Å². The molecule has 4 heteroatoms. The first-order valence-electron chi connectivity index (χ1n) is 8.07. The van der Waals surface area contributed by atoms with Gasteiger partial charge in [-0.1, -0.05) is 12.1 Å². The van der Waals surface area contributed by atoms with Gasteiger partial charge in [0.15, 0.2) is 0 Å². The summed E-state index contributed by atoms with van der Waals surface area (Å²) in [6.07, 6.45) is 4.96. The summed E-state index contributed by atoms with van der Waals surface area (Å²) in [5.74, 6) is 0.997. The second kappa shape index (κ2) is 6.58. The Hall–Kier alpha value is -1.39. The fourth-order valence-corrected chi connectivity index (χ4v) is 2.99. The molecule has 0 atom stereocenters. The van der Waals surface area contributed by atoms with Gasteiger partial charge in [-0.05, 0) is 49.3 Å². The molecule has 1 heterocycles. The van der Waals surface area contributed by atoms with Crippen LogP contribution in [-0.4, -0.2) is 36.5 Å². The van der Waals surface area contributed by atoms with Gasteiger partial charge in [-0.3, -0.25) is 4.79 Å². The van der Waals surface area contributed by atoms with E-state index in [1.165, 1.54) is 19.4 Å². The number of hydrogen-bond acceptors (Lipinski definition) is 3. The molecular weight excluding hydrogens is 262 g/mol. The minimum atomic E-state index is 0.0409. The van der Waals surface area contributed by atoms with E-state index >= 15 is 0 Å². The number of hydrogen-bond donors (Lipinski definition) is 2. The van der Waals surface area contributed by atoms with Crippen molar-refractivity contribution in [2.45, 2.75) is 38.3 Å². The number of carbonyl (C=O) groups excluding carboxylic acids is 1. The van der Waals surface area contributed by atoms with Crippen LogP contribution in [-0.2, 0) is 6.54 Å². The van der Waals surface area contributed by atoms with Gasteiger partial charge in [0.2, 0.25) is 0 Å². The van der Waals surface area contributed by atoms with Crippen molar-refractivity contribution in [2.24, 2.45) is 11.7 Å².